The summed E-state index contributed by atoms with van der Waals surface area (Å²) in [5.74, 6) is 5.81. The lowest BCUT2D eigenvalue weighted by atomic mass is 10.4. The van der Waals surface area contributed by atoms with Crippen LogP contribution in [0.1, 0.15) is 20.3 Å². The highest BCUT2D eigenvalue weighted by atomic mass is 32.2. The van der Waals surface area contributed by atoms with E-state index < -0.39 is 10.0 Å². The van der Waals surface area contributed by atoms with E-state index in [1.807, 2.05) is 38.2 Å². The maximum absolute atomic E-state index is 12.6. The highest BCUT2D eigenvalue weighted by Crippen LogP contribution is 2.14. The molecule has 0 aliphatic carbocycles. The van der Waals surface area contributed by atoms with Crippen molar-refractivity contribution >= 4 is 10.0 Å². The minimum Gasteiger partial charge on any atom is -0.207 e. The van der Waals surface area contributed by atoms with Crippen molar-refractivity contribution in [3.63, 3.8) is 0 Å². The molecule has 112 valence electrons. The third-order valence-corrected chi connectivity index (χ3v) is 4.51. The first kappa shape index (κ1) is 17.2. The molecule has 21 heavy (non-hydrogen) atoms. The molecule has 1 aromatic rings. The lowest BCUT2D eigenvalue weighted by molar-refractivity contribution is 0.478. The molecule has 0 saturated heterocycles. The minimum atomic E-state index is -3.51. The van der Waals surface area contributed by atoms with Gasteiger partial charge >= 0.3 is 0 Å². The molecule has 0 amide bonds. The molecule has 0 unspecified atom stereocenters. The predicted octanol–water partition coefficient (Wildman–Crippen LogP) is 3.22. The number of rotatable bonds is 6. The Morgan fingerprint density at radius 3 is 2.48 bits per heavy atom. The summed E-state index contributed by atoms with van der Waals surface area (Å²) in [7, 11) is -3.51. The van der Waals surface area contributed by atoms with Crippen LogP contribution in [-0.2, 0) is 10.0 Å². The van der Waals surface area contributed by atoms with Crippen molar-refractivity contribution in [3.05, 3.63) is 54.6 Å². The smallest absolute Gasteiger partial charge is 0.207 e. The van der Waals surface area contributed by atoms with E-state index >= 15 is 0 Å². The topological polar surface area (TPSA) is 37.4 Å². The van der Waals surface area contributed by atoms with Crippen LogP contribution in [0.3, 0.4) is 0 Å². The largest absolute Gasteiger partial charge is 0.244 e. The molecular weight excluding hydrogens is 282 g/mol. The predicted molar refractivity (Wildman–Crippen MR) is 87.2 cm³/mol. The Bertz CT molecular complexity index is 634. The summed E-state index contributed by atoms with van der Waals surface area (Å²) < 4.78 is 26.6. The van der Waals surface area contributed by atoms with Crippen molar-refractivity contribution in [2.45, 2.75) is 25.2 Å². The number of sulfonamides is 1. The van der Waals surface area contributed by atoms with Gasteiger partial charge in [-0.05, 0) is 19.1 Å². The van der Waals surface area contributed by atoms with E-state index in [1.54, 1.807) is 30.3 Å². The summed E-state index contributed by atoms with van der Waals surface area (Å²) in [6.07, 6.45) is 8.12. The zero-order valence-electron chi connectivity index (χ0n) is 12.5. The highest BCUT2D eigenvalue weighted by Gasteiger charge is 2.22. The second-order valence-electron chi connectivity index (χ2n) is 4.27. The van der Waals surface area contributed by atoms with E-state index in [9.17, 15) is 8.42 Å². The highest BCUT2D eigenvalue weighted by molar-refractivity contribution is 7.89. The second kappa shape index (κ2) is 9.17. The van der Waals surface area contributed by atoms with Gasteiger partial charge in [0.1, 0.15) is 0 Å². The Labute approximate surface area is 128 Å². The monoisotopic (exact) mass is 303 g/mol. The first-order valence-corrected chi connectivity index (χ1v) is 8.35. The molecule has 0 spiro atoms. The molecule has 0 radical (unpaired) electrons. The Kier molecular flexibility index (Phi) is 7.52. The molecule has 4 heteroatoms. The quantitative estimate of drug-likeness (QED) is 0.598. The standard InChI is InChI=1S/C17H21NO2S/c1-3-5-7-12-16-18(15-11-6-4-2)21(19,20)17-13-9-8-10-14-17/h3,5,7-10,12-14H,4,15-16H2,1-2H3/b5-3+,12-7+. The van der Waals surface area contributed by atoms with Gasteiger partial charge in [-0.25, -0.2) is 8.42 Å². The van der Waals surface area contributed by atoms with Gasteiger partial charge in [-0.3, -0.25) is 0 Å². The Morgan fingerprint density at radius 2 is 1.86 bits per heavy atom. The molecule has 1 aromatic carbocycles. The number of allylic oxidation sites excluding steroid dienone is 3. The van der Waals surface area contributed by atoms with E-state index in [-0.39, 0.29) is 6.54 Å². The third-order valence-electron chi connectivity index (χ3n) is 2.69. The van der Waals surface area contributed by atoms with Gasteiger partial charge in [0.15, 0.2) is 0 Å². The average Bonchev–Trinajstić information content (AvgIpc) is 2.50. The second-order valence-corrected chi connectivity index (χ2v) is 6.21. The number of nitrogens with zero attached hydrogens (tertiary/aromatic N) is 1. The number of hydrogen-bond acceptors (Lipinski definition) is 2. The Hall–Kier alpha value is -1.83. The van der Waals surface area contributed by atoms with Crippen LogP contribution < -0.4 is 0 Å². The maximum Gasteiger partial charge on any atom is 0.244 e. The van der Waals surface area contributed by atoms with Crippen LogP contribution in [0.25, 0.3) is 0 Å². The molecular formula is C17H21NO2S. The molecule has 3 nitrogen and oxygen atoms in total. The van der Waals surface area contributed by atoms with E-state index in [4.69, 9.17) is 0 Å². The molecule has 0 bridgehead atoms. The van der Waals surface area contributed by atoms with Gasteiger partial charge in [0.25, 0.3) is 0 Å². The molecule has 0 aromatic heterocycles. The van der Waals surface area contributed by atoms with Crippen molar-refractivity contribution in [3.8, 4) is 11.8 Å². The van der Waals surface area contributed by atoms with E-state index in [0.717, 1.165) is 0 Å². The van der Waals surface area contributed by atoms with Gasteiger partial charge < -0.3 is 0 Å². The van der Waals surface area contributed by atoms with Crippen LogP contribution in [0.2, 0.25) is 0 Å². The summed E-state index contributed by atoms with van der Waals surface area (Å²) in [6, 6.07) is 8.44. The lowest BCUT2D eigenvalue weighted by Crippen LogP contribution is -2.31. The van der Waals surface area contributed by atoms with Gasteiger partial charge in [-0.1, -0.05) is 55.3 Å². The summed E-state index contributed by atoms with van der Waals surface area (Å²) in [4.78, 5) is 0.294. The lowest BCUT2D eigenvalue weighted by Gasteiger charge is -2.18. The van der Waals surface area contributed by atoms with Crippen LogP contribution >= 0.6 is 0 Å². The van der Waals surface area contributed by atoms with Gasteiger partial charge in [0, 0.05) is 13.0 Å². The van der Waals surface area contributed by atoms with Crippen molar-refractivity contribution in [1.82, 2.24) is 4.31 Å². The average molecular weight is 303 g/mol. The van der Waals surface area contributed by atoms with Crippen molar-refractivity contribution in [2.75, 3.05) is 13.1 Å². The van der Waals surface area contributed by atoms with Gasteiger partial charge in [0.05, 0.1) is 11.4 Å². The minimum absolute atomic E-state index is 0.200. The van der Waals surface area contributed by atoms with Crippen LogP contribution in [0.15, 0.2) is 59.5 Å². The zero-order chi connectivity index (χ0) is 15.6. The van der Waals surface area contributed by atoms with Crippen molar-refractivity contribution in [2.24, 2.45) is 0 Å². The van der Waals surface area contributed by atoms with Crippen LogP contribution in [0, 0.1) is 11.8 Å². The van der Waals surface area contributed by atoms with Gasteiger partial charge in [0.2, 0.25) is 10.0 Å². The fourth-order valence-corrected chi connectivity index (χ4v) is 2.94. The SMILES string of the molecule is C/C=C/C=C/CN(CC#CCC)S(=O)(=O)c1ccccc1. The molecule has 0 atom stereocenters. The zero-order valence-corrected chi connectivity index (χ0v) is 13.3. The molecule has 0 N–H and O–H groups in total. The van der Waals surface area contributed by atoms with Crippen molar-refractivity contribution in [1.29, 1.82) is 0 Å². The number of benzene rings is 1. The van der Waals surface area contributed by atoms with E-state index in [2.05, 4.69) is 11.8 Å². The summed E-state index contributed by atoms with van der Waals surface area (Å²) in [5, 5.41) is 0. The summed E-state index contributed by atoms with van der Waals surface area (Å²) in [5.41, 5.74) is 0. The molecule has 0 heterocycles. The maximum atomic E-state index is 12.6. The fraction of sp³-hybridized carbons (Fsp3) is 0.294. The van der Waals surface area contributed by atoms with E-state index in [1.165, 1.54) is 4.31 Å². The molecule has 0 aliphatic rings. The first-order chi connectivity index (χ1) is 10.1. The Morgan fingerprint density at radius 1 is 1.14 bits per heavy atom. The first-order valence-electron chi connectivity index (χ1n) is 6.91. The molecule has 0 aliphatic heterocycles. The third kappa shape index (κ3) is 5.58. The Balaban J connectivity index is 2.98. The molecule has 0 saturated carbocycles. The summed E-state index contributed by atoms with van der Waals surface area (Å²) in [6.45, 7) is 4.36. The van der Waals surface area contributed by atoms with E-state index in [0.29, 0.717) is 17.9 Å². The van der Waals surface area contributed by atoms with Gasteiger partial charge in [-0.2, -0.15) is 4.31 Å². The normalized spacial score (nSPS) is 12.0. The van der Waals surface area contributed by atoms with Crippen LogP contribution in [0.5, 0.6) is 0 Å². The van der Waals surface area contributed by atoms with Crippen LogP contribution in [-0.4, -0.2) is 25.8 Å². The number of hydrogen-bond donors (Lipinski definition) is 0. The molecule has 1 rings (SSSR count). The summed E-state index contributed by atoms with van der Waals surface area (Å²) >= 11 is 0. The molecule has 0 fully saturated rings. The van der Waals surface area contributed by atoms with Crippen LogP contribution in [0.4, 0.5) is 0 Å². The van der Waals surface area contributed by atoms with Gasteiger partial charge in [-0.15, -0.1) is 5.92 Å². The fourth-order valence-electron chi connectivity index (χ4n) is 1.63. The van der Waals surface area contributed by atoms with Crippen molar-refractivity contribution < 1.29 is 8.42 Å².